The normalized spacial score (nSPS) is 10.6. The first kappa shape index (κ1) is 21.2. The van der Waals surface area contributed by atoms with Gasteiger partial charge in [0.2, 0.25) is 0 Å². The molecule has 4 aromatic rings. The van der Waals surface area contributed by atoms with E-state index in [1.54, 1.807) is 14.0 Å². The molecule has 0 aliphatic heterocycles. The number of carbonyl (C=O) groups excluding carboxylic acids is 1. The molecule has 0 atom stereocenters. The van der Waals surface area contributed by atoms with E-state index < -0.39 is 5.97 Å². The zero-order valence-electron chi connectivity index (χ0n) is 18.0. The summed E-state index contributed by atoms with van der Waals surface area (Å²) in [5.74, 6) is 1.62. The van der Waals surface area contributed by atoms with Gasteiger partial charge < -0.3 is 19.2 Å². The molecule has 0 spiro atoms. The number of aromatic nitrogens is 2. The van der Waals surface area contributed by atoms with Crippen molar-refractivity contribution in [2.45, 2.75) is 13.5 Å². The van der Waals surface area contributed by atoms with E-state index in [-0.39, 0.29) is 6.61 Å². The molecule has 162 valence electrons. The molecule has 0 fully saturated rings. The van der Waals surface area contributed by atoms with E-state index in [1.165, 1.54) is 0 Å². The molecule has 1 aromatic heterocycles. The highest BCUT2D eigenvalue weighted by molar-refractivity contribution is 5.95. The minimum Gasteiger partial charge on any atom is -0.497 e. The first-order valence-electron chi connectivity index (χ1n) is 10.4. The highest BCUT2D eigenvalue weighted by Gasteiger charge is 2.20. The van der Waals surface area contributed by atoms with Crippen molar-refractivity contribution in [1.82, 2.24) is 9.97 Å². The van der Waals surface area contributed by atoms with Crippen molar-refractivity contribution >= 4 is 5.97 Å². The number of hydrogen-bond donors (Lipinski definition) is 1. The summed E-state index contributed by atoms with van der Waals surface area (Å²) in [5, 5.41) is 0. The standard InChI is InChI=1S/C26H24N2O4/c1-3-31-26(29)24-23(19-9-13-21(30-2)14-10-19)27-25(28-24)20-11-15-22(16-12-20)32-17-18-7-5-4-6-8-18/h4-16H,3,17H2,1-2H3,(H,27,28). The number of benzene rings is 3. The number of imidazole rings is 1. The smallest absolute Gasteiger partial charge is 0.357 e. The van der Waals surface area contributed by atoms with Crippen molar-refractivity contribution in [3.05, 3.63) is 90.1 Å². The quantitative estimate of drug-likeness (QED) is 0.375. The minimum absolute atomic E-state index is 0.280. The van der Waals surface area contributed by atoms with Crippen LogP contribution < -0.4 is 9.47 Å². The molecule has 0 bridgehead atoms. The number of rotatable bonds is 8. The number of hydrogen-bond acceptors (Lipinski definition) is 5. The molecule has 6 heteroatoms. The van der Waals surface area contributed by atoms with E-state index in [0.29, 0.717) is 23.8 Å². The van der Waals surface area contributed by atoms with E-state index in [0.717, 1.165) is 28.2 Å². The number of carbonyl (C=O) groups is 1. The van der Waals surface area contributed by atoms with Crippen molar-refractivity contribution in [1.29, 1.82) is 0 Å². The van der Waals surface area contributed by atoms with Crippen LogP contribution in [0.5, 0.6) is 11.5 Å². The van der Waals surface area contributed by atoms with Gasteiger partial charge in [-0.05, 0) is 61.0 Å². The third kappa shape index (κ3) is 4.81. The van der Waals surface area contributed by atoms with Crippen LogP contribution in [-0.4, -0.2) is 29.7 Å². The number of esters is 1. The largest absolute Gasteiger partial charge is 0.497 e. The summed E-state index contributed by atoms with van der Waals surface area (Å²) in [5.41, 5.74) is 3.58. The number of H-pyrrole nitrogens is 1. The number of nitrogens with zero attached hydrogens (tertiary/aromatic N) is 1. The summed E-state index contributed by atoms with van der Waals surface area (Å²) in [4.78, 5) is 20.4. The average molecular weight is 428 g/mol. The lowest BCUT2D eigenvalue weighted by molar-refractivity contribution is 0.0521. The molecule has 0 aliphatic carbocycles. The Balaban J connectivity index is 1.59. The Bertz CT molecular complexity index is 1170. The summed E-state index contributed by atoms with van der Waals surface area (Å²) >= 11 is 0. The summed E-state index contributed by atoms with van der Waals surface area (Å²) in [6.45, 7) is 2.55. The van der Waals surface area contributed by atoms with Gasteiger partial charge in [-0.15, -0.1) is 0 Å². The fourth-order valence-corrected chi connectivity index (χ4v) is 3.27. The molecular weight excluding hydrogens is 404 g/mol. The van der Waals surface area contributed by atoms with Gasteiger partial charge in [0.05, 0.1) is 13.7 Å². The van der Waals surface area contributed by atoms with E-state index >= 15 is 0 Å². The molecule has 0 aliphatic rings. The number of aromatic amines is 1. The van der Waals surface area contributed by atoms with E-state index in [2.05, 4.69) is 4.98 Å². The maximum atomic E-state index is 12.5. The summed E-state index contributed by atoms with van der Waals surface area (Å²) < 4.78 is 16.3. The topological polar surface area (TPSA) is 73.4 Å². The Morgan fingerprint density at radius 2 is 1.53 bits per heavy atom. The van der Waals surface area contributed by atoms with Gasteiger partial charge in [0.25, 0.3) is 0 Å². The molecule has 6 nitrogen and oxygen atoms in total. The van der Waals surface area contributed by atoms with Crippen LogP contribution in [0.4, 0.5) is 0 Å². The van der Waals surface area contributed by atoms with Crippen LogP contribution in [0.2, 0.25) is 0 Å². The van der Waals surface area contributed by atoms with Crippen LogP contribution in [-0.2, 0) is 11.3 Å². The van der Waals surface area contributed by atoms with Gasteiger partial charge >= 0.3 is 5.97 Å². The van der Waals surface area contributed by atoms with Crippen LogP contribution in [0.15, 0.2) is 78.9 Å². The zero-order valence-corrected chi connectivity index (χ0v) is 18.0. The zero-order chi connectivity index (χ0) is 22.3. The van der Waals surface area contributed by atoms with Crippen molar-refractivity contribution in [2.75, 3.05) is 13.7 Å². The van der Waals surface area contributed by atoms with Crippen LogP contribution >= 0.6 is 0 Å². The van der Waals surface area contributed by atoms with Crippen molar-refractivity contribution in [2.24, 2.45) is 0 Å². The Morgan fingerprint density at radius 1 is 0.875 bits per heavy atom. The minimum atomic E-state index is -0.445. The van der Waals surface area contributed by atoms with Gasteiger partial charge in [-0.1, -0.05) is 30.3 Å². The van der Waals surface area contributed by atoms with Crippen LogP contribution in [0.25, 0.3) is 22.6 Å². The lowest BCUT2D eigenvalue weighted by atomic mass is 10.1. The summed E-state index contributed by atoms with van der Waals surface area (Å²) in [6, 6.07) is 25.0. The van der Waals surface area contributed by atoms with Crippen molar-refractivity contribution in [3.8, 4) is 34.1 Å². The molecule has 1 N–H and O–H groups in total. The Kier molecular flexibility index (Phi) is 6.51. The average Bonchev–Trinajstić information content (AvgIpc) is 3.30. The highest BCUT2D eigenvalue weighted by atomic mass is 16.5. The number of methoxy groups -OCH3 is 1. The van der Waals surface area contributed by atoms with Crippen LogP contribution in [0.3, 0.4) is 0 Å². The molecule has 0 radical (unpaired) electrons. The first-order chi connectivity index (χ1) is 15.7. The molecular formula is C26H24N2O4. The Hall–Kier alpha value is -4.06. The van der Waals surface area contributed by atoms with Gasteiger partial charge in [0.1, 0.15) is 29.6 Å². The van der Waals surface area contributed by atoms with Gasteiger partial charge in [-0.25, -0.2) is 9.78 Å². The molecule has 0 saturated carbocycles. The summed E-state index contributed by atoms with van der Waals surface area (Å²) in [7, 11) is 1.61. The van der Waals surface area contributed by atoms with E-state index in [1.807, 2.05) is 78.9 Å². The van der Waals surface area contributed by atoms with Crippen LogP contribution in [0.1, 0.15) is 23.0 Å². The molecule has 0 saturated heterocycles. The molecule has 3 aromatic carbocycles. The SMILES string of the molecule is CCOC(=O)c1[nH]c(-c2ccc(OCc3ccccc3)cc2)nc1-c1ccc(OC)cc1. The lowest BCUT2D eigenvalue weighted by Gasteiger charge is -2.06. The summed E-state index contributed by atoms with van der Waals surface area (Å²) in [6.07, 6.45) is 0. The van der Waals surface area contributed by atoms with Crippen molar-refractivity contribution in [3.63, 3.8) is 0 Å². The maximum Gasteiger partial charge on any atom is 0.357 e. The fraction of sp³-hybridized carbons (Fsp3) is 0.154. The Morgan fingerprint density at radius 3 is 2.19 bits per heavy atom. The molecule has 1 heterocycles. The number of ether oxygens (including phenoxy) is 3. The third-order valence-corrected chi connectivity index (χ3v) is 4.92. The molecule has 4 rings (SSSR count). The fourth-order valence-electron chi connectivity index (χ4n) is 3.27. The molecule has 32 heavy (non-hydrogen) atoms. The second-order valence-corrected chi connectivity index (χ2v) is 7.06. The van der Waals surface area contributed by atoms with Gasteiger partial charge in [-0.3, -0.25) is 0 Å². The van der Waals surface area contributed by atoms with E-state index in [9.17, 15) is 4.79 Å². The monoisotopic (exact) mass is 428 g/mol. The second-order valence-electron chi connectivity index (χ2n) is 7.06. The second kappa shape index (κ2) is 9.83. The number of nitrogens with one attached hydrogen (secondary N) is 1. The first-order valence-corrected chi connectivity index (χ1v) is 10.4. The predicted molar refractivity (Wildman–Crippen MR) is 123 cm³/mol. The predicted octanol–water partition coefficient (Wildman–Crippen LogP) is 5.51. The molecule has 0 unspecified atom stereocenters. The van der Waals surface area contributed by atoms with Crippen LogP contribution in [0, 0.1) is 0 Å². The van der Waals surface area contributed by atoms with Gasteiger partial charge in [-0.2, -0.15) is 0 Å². The van der Waals surface area contributed by atoms with Crippen molar-refractivity contribution < 1.29 is 19.0 Å². The highest BCUT2D eigenvalue weighted by Crippen LogP contribution is 2.29. The van der Waals surface area contributed by atoms with Gasteiger partial charge in [0, 0.05) is 11.1 Å². The van der Waals surface area contributed by atoms with Gasteiger partial charge in [0.15, 0.2) is 5.69 Å². The third-order valence-electron chi connectivity index (χ3n) is 4.92. The van der Waals surface area contributed by atoms with E-state index in [4.69, 9.17) is 19.2 Å². The Labute approximate surface area is 186 Å². The molecule has 0 amide bonds. The lowest BCUT2D eigenvalue weighted by Crippen LogP contribution is -2.06. The maximum absolute atomic E-state index is 12.5.